The zero-order valence-electron chi connectivity index (χ0n) is 15.5. The molecule has 0 aliphatic rings. The first kappa shape index (κ1) is 17.3. The van der Waals surface area contributed by atoms with Gasteiger partial charge in [-0.25, -0.2) is 4.98 Å². The van der Waals surface area contributed by atoms with Crippen LogP contribution in [-0.2, 0) is 11.2 Å². The van der Waals surface area contributed by atoms with Crippen LogP contribution in [0.15, 0.2) is 48.5 Å². The van der Waals surface area contributed by atoms with Crippen molar-refractivity contribution in [2.45, 2.75) is 33.1 Å². The molecule has 0 saturated heterocycles. The predicted octanol–water partition coefficient (Wildman–Crippen LogP) is 5.41. The molecule has 0 aliphatic heterocycles. The second-order valence-electron chi connectivity index (χ2n) is 7.12. The Morgan fingerprint density at radius 2 is 1.93 bits per heavy atom. The Bertz CT molecular complexity index is 1160. The number of carbonyl (C=O) groups is 1. The SMILES string of the molecule is Cc1cc(C)c2c(CCCC(=O)O)c(-c3ccc4ccccc4n3)[nH]c2c1. The number of aromatic amines is 1. The third-order valence-electron chi connectivity index (χ3n) is 5.02. The van der Waals surface area contributed by atoms with Crippen LogP contribution in [-0.4, -0.2) is 21.0 Å². The van der Waals surface area contributed by atoms with E-state index in [-0.39, 0.29) is 6.42 Å². The minimum absolute atomic E-state index is 0.169. The second-order valence-corrected chi connectivity index (χ2v) is 7.12. The van der Waals surface area contributed by atoms with Crippen molar-refractivity contribution in [3.05, 3.63) is 65.2 Å². The van der Waals surface area contributed by atoms with E-state index in [1.54, 1.807) is 0 Å². The van der Waals surface area contributed by atoms with E-state index >= 15 is 0 Å². The molecular weight excluding hydrogens is 336 g/mol. The van der Waals surface area contributed by atoms with Gasteiger partial charge in [0.25, 0.3) is 0 Å². The molecule has 4 aromatic rings. The number of fused-ring (bicyclic) bond motifs is 2. The summed E-state index contributed by atoms with van der Waals surface area (Å²) in [5, 5.41) is 11.3. The summed E-state index contributed by atoms with van der Waals surface area (Å²) in [4.78, 5) is 19.4. The third-order valence-corrected chi connectivity index (χ3v) is 5.02. The number of hydrogen-bond donors (Lipinski definition) is 2. The van der Waals surface area contributed by atoms with Crippen molar-refractivity contribution in [3.63, 3.8) is 0 Å². The molecule has 4 rings (SSSR count). The highest BCUT2D eigenvalue weighted by Gasteiger charge is 2.17. The van der Waals surface area contributed by atoms with Crippen molar-refractivity contribution in [1.29, 1.82) is 0 Å². The minimum atomic E-state index is -0.757. The monoisotopic (exact) mass is 358 g/mol. The van der Waals surface area contributed by atoms with Crippen LogP contribution in [0.5, 0.6) is 0 Å². The first-order chi connectivity index (χ1) is 13.0. The molecule has 0 atom stereocenters. The van der Waals surface area contributed by atoms with Crippen LogP contribution in [0.1, 0.15) is 29.5 Å². The van der Waals surface area contributed by atoms with Gasteiger partial charge in [0.1, 0.15) is 0 Å². The summed E-state index contributed by atoms with van der Waals surface area (Å²) in [6.07, 6.45) is 1.48. The maximum atomic E-state index is 11.0. The van der Waals surface area contributed by atoms with Gasteiger partial charge in [-0.15, -0.1) is 0 Å². The van der Waals surface area contributed by atoms with Gasteiger partial charge >= 0.3 is 5.97 Å². The molecule has 27 heavy (non-hydrogen) atoms. The number of H-pyrrole nitrogens is 1. The summed E-state index contributed by atoms with van der Waals surface area (Å²) in [6, 6.07) is 16.5. The first-order valence-electron chi connectivity index (χ1n) is 9.22. The lowest BCUT2D eigenvalue weighted by molar-refractivity contribution is -0.137. The van der Waals surface area contributed by atoms with Crippen LogP contribution in [0.3, 0.4) is 0 Å². The highest BCUT2D eigenvalue weighted by molar-refractivity contribution is 5.94. The summed E-state index contributed by atoms with van der Waals surface area (Å²) in [5.41, 5.74) is 7.50. The summed E-state index contributed by atoms with van der Waals surface area (Å²) in [6.45, 7) is 4.20. The molecule has 2 aromatic heterocycles. The Labute approximate surface area is 157 Å². The standard InChI is InChI=1S/C23H22N2O2/c1-14-12-15(2)22-17(7-5-9-21(26)27)23(25-20(22)13-14)19-11-10-16-6-3-4-8-18(16)24-19/h3-4,6,8,10-13,25H,5,7,9H2,1-2H3,(H,26,27). The third kappa shape index (κ3) is 3.31. The van der Waals surface area contributed by atoms with Crippen molar-refractivity contribution in [1.82, 2.24) is 9.97 Å². The van der Waals surface area contributed by atoms with Gasteiger partial charge in [0, 0.05) is 22.7 Å². The van der Waals surface area contributed by atoms with Gasteiger partial charge in [0.2, 0.25) is 0 Å². The molecule has 0 saturated carbocycles. The molecule has 2 aromatic carbocycles. The van der Waals surface area contributed by atoms with Gasteiger partial charge in [0.05, 0.1) is 16.9 Å². The molecule has 2 N–H and O–H groups in total. The van der Waals surface area contributed by atoms with Crippen LogP contribution in [0.25, 0.3) is 33.2 Å². The number of carboxylic acids is 1. The zero-order chi connectivity index (χ0) is 19.0. The van der Waals surface area contributed by atoms with Gasteiger partial charge in [-0.2, -0.15) is 0 Å². The Kier molecular flexibility index (Phi) is 4.40. The molecule has 136 valence electrons. The summed E-state index contributed by atoms with van der Waals surface area (Å²) >= 11 is 0. The van der Waals surface area contributed by atoms with Gasteiger partial charge in [-0.05, 0) is 61.6 Å². The molecule has 0 spiro atoms. The van der Waals surface area contributed by atoms with Gasteiger partial charge in [0.15, 0.2) is 0 Å². The van der Waals surface area contributed by atoms with E-state index in [2.05, 4.69) is 43.1 Å². The number of nitrogens with one attached hydrogen (secondary N) is 1. The van der Waals surface area contributed by atoms with Crippen molar-refractivity contribution >= 4 is 27.8 Å². The first-order valence-corrected chi connectivity index (χ1v) is 9.22. The fraction of sp³-hybridized carbons (Fsp3) is 0.217. The normalized spacial score (nSPS) is 11.3. The summed E-state index contributed by atoms with van der Waals surface area (Å²) < 4.78 is 0. The van der Waals surface area contributed by atoms with Gasteiger partial charge < -0.3 is 10.1 Å². The summed E-state index contributed by atoms with van der Waals surface area (Å²) in [5.74, 6) is -0.757. The number of aromatic nitrogens is 2. The lowest BCUT2D eigenvalue weighted by Gasteiger charge is -2.07. The lowest BCUT2D eigenvalue weighted by atomic mass is 9.98. The number of aliphatic carboxylic acids is 1. The number of aryl methyl sites for hydroxylation is 3. The molecule has 2 heterocycles. The van der Waals surface area contributed by atoms with Crippen LogP contribution in [0.4, 0.5) is 0 Å². The lowest BCUT2D eigenvalue weighted by Crippen LogP contribution is -1.97. The highest BCUT2D eigenvalue weighted by Crippen LogP contribution is 2.34. The van der Waals surface area contributed by atoms with E-state index in [0.717, 1.165) is 33.4 Å². The summed E-state index contributed by atoms with van der Waals surface area (Å²) in [7, 11) is 0. The van der Waals surface area contributed by atoms with Crippen molar-refractivity contribution in [2.24, 2.45) is 0 Å². The van der Waals surface area contributed by atoms with Crippen LogP contribution in [0, 0.1) is 13.8 Å². The van der Waals surface area contributed by atoms with Crippen molar-refractivity contribution < 1.29 is 9.90 Å². The van der Waals surface area contributed by atoms with Crippen molar-refractivity contribution in [2.75, 3.05) is 0 Å². The maximum absolute atomic E-state index is 11.0. The van der Waals surface area contributed by atoms with E-state index in [9.17, 15) is 4.79 Å². The van der Waals surface area contributed by atoms with Gasteiger partial charge in [-0.1, -0.05) is 30.3 Å². The molecule has 0 fully saturated rings. The average Bonchev–Trinajstić information content (AvgIpc) is 2.99. The topological polar surface area (TPSA) is 66.0 Å². The fourth-order valence-corrected chi connectivity index (χ4v) is 3.89. The predicted molar refractivity (Wildman–Crippen MR) is 109 cm³/mol. The number of para-hydroxylation sites is 1. The van der Waals surface area contributed by atoms with E-state index in [0.29, 0.717) is 12.8 Å². The average molecular weight is 358 g/mol. The fourth-order valence-electron chi connectivity index (χ4n) is 3.89. The number of carboxylic acid groups (broad SMARTS) is 1. The number of nitrogens with zero attached hydrogens (tertiary/aromatic N) is 1. The highest BCUT2D eigenvalue weighted by atomic mass is 16.4. The number of benzene rings is 2. The smallest absolute Gasteiger partial charge is 0.303 e. The second kappa shape index (κ2) is 6.88. The molecule has 4 nitrogen and oxygen atoms in total. The molecule has 0 bridgehead atoms. The Hall–Kier alpha value is -3.14. The molecule has 0 aliphatic carbocycles. The van der Waals surface area contributed by atoms with E-state index in [1.807, 2.05) is 24.3 Å². The van der Waals surface area contributed by atoms with Crippen LogP contribution >= 0.6 is 0 Å². The molecule has 0 unspecified atom stereocenters. The number of hydrogen-bond acceptors (Lipinski definition) is 2. The zero-order valence-corrected chi connectivity index (χ0v) is 15.5. The minimum Gasteiger partial charge on any atom is -0.481 e. The van der Waals surface area contributed by atoms with E-state index in [1.165, 1.54) is 16.5 Å². The number of rotatable bonds is 5. The molecule has 0 amide bonds. The number of pyridine rings is 1. The molecule has 0 radical (unpaired) electrons. The molecule has 4 heteroatoms. The van der Waals surface area contributed by atoms with Crippen molar-refractivity contribution in [3.8, 4) is 11.4 Å². The Balaban J connectivity index is 1.89. The Morgan fingerprint density at radius 3 is 2.74 bits per heavy atom. The van der Waals surface area contributed by atoms with Gasteiger partial charge in [-0.3, -0.25) is 4.79 Å². The Morgan fingerprint density at radius 1 is 1.11 bits per heavy atom. The van der Waals surface area contributed by atoms with Crippen LogP contribution in [0.2, 0.25) is 0 Å². The maximum Gasteiger partial charge on any atom is 0.303 e. The van der Waals surface area contributed by atoms with E-state index in [4.69, 9.17) is 10.1 Å². The largest absolute Gasteiger partial charge is 0.481 e. The quantitative estimate of drug-likeness (QED) is 0.501. The van der Waals surface area contributed by atoms with E-state index < -0.39 is 5.97 Å². The van der Waals surface area contributed by atoms with Crippen LogP contribution < -0.4 is 0 Å². The molecular formula is C23H22N2O2.